The van der Waals surface area contributed by atoms with E-state index in [0.717, 1.165) is 24.3 Å². The third-order valence-electron chi connectivity index (χ3n) is 6.49. The van der Waals surface area contributed by atoms with E-state index in [9.17, 15) is 31.1 Å². The van der Waals surface area contributed by atoms with E-state index in [0.29, 0.717) is 21.8 Å². The third-order valence-corrected chi connectivity index (χ3v) is 6.72. The summed E-state index contributed by atoms with van der Waals surface area (Å²) in [5.74, 6) is -0.466. The van der Waals surface area contributed by atoms with Crippen molar-refractivity contribution in [3.05, 3.63) is 117 Å². The molecule has 0 amide bonds. The number of nitrogens with zero attached hydrogens (tertiary/aromatic N) is 2. The molecule has 41 heavy (non-hydrogen) atoms. The van der Waals surface area contributed by atoms with Gasteiger partial charge in [-0.15, -0.1) is 0 Å². The normalized spacial score (nSPS) is 17.0. The Kier molecular flexibility index (Phi) is 8.67. The van der Waals surface area contributed by atoms with Gasteiger partial charge in [0.15, 0.2) is 5.96 Å². The third kappa shape index (κ3) is 7.02. The highest BCUT2D eigenvalue weighted by Gasteiger charge is 2.36. The summed E-state index contributed by atoms with van der Waals surface area (Å²) >= 11 is 6.20. The number of hydrogen-bond acceptors (Lipinski definition) is 3. The van der Waals surface area contributed by atoms with Crippen molar-refractivity contribution in [1.29, 1.82) is 0 Å². The molecule has 1 aliphatic heterocycles. The second kappa shape index (κ2) is 11.9. The number of ether oxygens (including phenoxy) is 1. The van der Waals surface area contributed by atoms with Crippen LogP contribution in [0.2, 0.25) is 5.02 Å². The van der Waals surface area contributed by atoms with Crippen LogP contribution in [0.15, 0.2) is 89.1 Å². The van der Waals surface area contributed by atoms with Gasteiger partial charge in [-0.3, -0.25) is 0 Å². The van der Waals surface area contributed by atoms with E-state index in [2.05, 4.69) is 10.3 Å². The number of allylic oxidation sites excluding steroid dienone is 1. The summed E-state index contributed by atoms with van der Waals surface area (Å²) < 4.78 is 84.1. The van der Waals surface area contributed by atoms with Gasteiger partial charge in [0, 0.05) is 10.7 Å². The fourth-order valence-electron chi connectivity index (χ4n) is 4.42. The average Bonchev–Trinajstić information content (AvgIpc) is 2.92. The van der Waals surface area contributed by atoms with Gasteiger partial charge in [-0.05, 0) is 60.0 Å². The number of nitrogens with one attached hydrogen (secondary N) is 1. The zero-order valence-corrected chi connectivity index (χ0v) is 22.5. The highest BCUT2D eigenvalue weighted by molar-refractivity contribution is 6.30. The number of benzene rings is 3. The Labute approximate surface area is 237 Å². The van der Waals surface area contributed by atoms with Crippen LogP contribution >= 0.6 is 11.6 Å². The first kappa shape index (κ1) is 30.0. The summed E-state index contributed by atoms with van der Waals surface area (Å²) in [5, 5.41) is 3.57. The summed E-state index contributed by atoms with van der Waals surface area (Å²) in [7, 11) is 1.22. The zero-order valence-electron chi connectivity index (χ0n) is 21.8. The van der Waals surface area contributed by atoms with Crippen LogP contribution in [0.3, 0.4) is 0 Å². The van der Waals surface area contributed by atoms with Gasteiger partial charge < -0.3 is 15.0 Å². The molecule has 12 heteroatoms. The number of alkyl halides is 6. The lowest BCUT2D eigenvalue weighted by molar-refractivity contribution is -0.138. The maximum atomic E-state index is 13.3. The molecule has 0 spiro atoms. The number of hydrogen-bond donors (Lipinski definition) is 1. The van der Waals surface area contributed by atoms with Crippen molar-refractivity contribution in [2.75, 3.05) is 7.11 Å². The number of rotatable bonds is 6. The predicted octanol–water partition coefficient (Wildman–Crippen LogP) is 7.53. The van der Waals surface area contributed by atoms with Crippen molar-refractivity contribution in [3.63, 3.8) is 0 Å². The molecule has 3 aromatic rings. The van der Waals surface area contributed by atoms with Gasteiger partial charge in [-0.1, -0.05) is 48.0 Å². The standard InChI is InChI=1S/C29H24ClF6N3O2/c1-17-24(26(40)41-2)25(20-6-4-8-23(30)14-20)38-27(37-15-19-5-3-7-22(13-19)29(34,35)36)39(17)16-18-9-11-21(12-10-18)28(31,32)33/h3-14,25H,15-16H2,1-2H3,(H,37,38). The Balaban J connectivity index is 1.79. The molecule has 1 heterocycles. The smallest absolute Gasteiger partial charge is 0.416 e. The molecule has 5 nitrogen and oxygen atoms in total. The molecule has 1 aliphatic rings. The predicted molar refractivity (Wildman–Crippen MR) is 142 cm³/mol. The zero-order chi connectivity index (χ0) is 29.9. The van der Waals surface area contributed by atoms with Crippen LogP contribution in [-0.4, -0.2) is 23.9 Å². The summed E-state index contributed by atoms with van der Waals surface area (Å²) in [6.07, 6.45) is -9.05. The number of halogens is 7. The minimum Gasteiger partial charge on any atom is -0.466 e. The molecule has 0 saturated carbocycles. The van der Waals surface area contributed by atoms with Gasteiger partial charge in [0.25, 0.3) is 0 Å². The highest BCUT2D eigenvalue weighted by Crippen LogP contribution is 2.35. The minimum absolute atomic E-state index is 0.00115. The van der Waals surface area contributed by atoms with E-state index < -0.39 is 35.5 Å². The van der Waals surface area contributed by atoms with E-state index in [-0.39, 0.29) is 30.2 Å². The summed E-state index contributed by atoms with van der Waals surface area (Å²) in [6, 6.07) is 15.2. The second-order valence-electron chi connectivity index (χ2n) is 9.24. The molecule has 0 radical (unpaired) electrons. The molecule has 1 N–H and O–H groups in total. The molecule has 0 fully saturated rings. The van der Waals surface area contributed by atoms with E-state index in [1.807, 2.05) is 0 Å². The van der Waals surface area contributed by atoms with Crippen LogP contribution in [0.25, 0.3) is 0 Å². The van der Waals surface area contributed by atoms with Gasteiger partial charge in [-0.25, -0.2) is 9.79 Å². The van der Waals surface area contributed by atoms with E-state index in [1.54, 1.807) is 36.1 Å². The van der Waals surface area contributed by atoms with Crippen LogP contribution in [0, 0.1) is 0 Å². The number of methoxy groups -OCH3 is 1. The first-order chi connectivity index (χ1) is 19.3. The molecule has 0 bridgehead atoms. The van der Waals surface area contributed by atoms with Gasteiger partial charge in [0.2, 0.25) is 0 Å². The minimum atomic E-state index is -4.53. The number of carbonyl (C=O) groups excluding carboxylic acids is 1. The van der Waals surface area contributed by atoms with Gasteiger partial charge >= 0.3 is 18.3 Å². The fourth-order valence-corrected chi connectivity index (χ4v) is 4.62. The topological polar surface area (TPSA) is 53.9 Å². The van der Waals surface area contributed by atoms with Crippen molar-refractivity contribution in [1.82, 2.24) is 10.2 Å². The lowest BCUT2D eigenvalue weighted by atomic mass is 9.94. The highest BCUT2D eigenvalue weighted by atomic mass is 35.5. The Morgan fingerprint density at radius 3 is 2.20 bits per heavy atom. The van der Waals surface area contributed by atoms with Crippen LogP contribution in [-0.2, 0) is 35.0 Å². The molecule has 3 aromatic carbocycles. The quantitative estimate of drug-likeness (QED) is 0.236. The van der Waals surface area contributed by atoms with Crippen molar-refractivity contribution in [2.45, 2.75) is 38.4 Å². The molecule has 4 rings (SSSR count). The molecule has 1 unspecified atom stereocenters. The molecule has 0 aromatic heterocycles. The van der Waals surface area contributed by atoms with Gasteiger partial charge in [0.05, 0.1) is 42.9 Å². The first-order valence-electron chi connectivity index (χ1n) is 12.2. The van der Waals surface area contributed by atoms with Crippen LogP contribution in [0.5, 0.6) is 0 Å². The van der Waals surface area contributed by atoms with E-state index in [4.69, 9.17) is 16.3 Å². The van der Waals surface area contributed by atoms with Crippen molar-refractivity contribution < 1.29 is 35.9 Å². The Hall–Kier alpha value is -3.99. The number of guanidine groups is 1. The van der Waals surface area contributed by atoms with E-state index in [1.165, 1.54) is 31.4 Å². The average molecular weight is 596 g/mol. The molecular weight excluding hydrogens is 572 g/mol. The van der Waals surface area contributed by atoms with Gasteiger partial charge in [0.1, 0.15) is 0 Å². The molecular formula is C29H24ClF6N3O2. The maximum absolute atomic E-state index is 13.3. The van der Waals surface area contributed by atoms with E-state index >= 15 is 0 Å². The fraction of sp³-hybridized carbons (Fsp3) is 0.241. The Morgan fingerprint density at radius 1 is 0.927 bits per heavy atom. The molecule has 216 valence electrons. The summed E-state index contributed by atoms with van der Waals surface area (Å²) in [5.41, 5.74) is 0.301. The lowest BCUT2D eigenvalue weighted by Gasteiger charge is -2.38. The Morgan fingerprint density at radius 2 is 1.59 bits per heavy atom. The van der Waals surface area contributed by atoms with Crippen molar-refractivity contribution in [2.24, 2.45) is 4.99 Å². The second-order valence-corrected chi connectivity index (χ2v) is 9.68. The molecule has 0 aliphatic carbocycles. The monoisotopic (exact) mass is 595 g/mol. The van der Waals surface area contributed by atoms with Crippen molar-refractivity contribution >= 4 is 23.5 Å². The summed E-state index contributed by atoms with van der Waals surface area (Å²) in [6.45, 7) is 1.48. The van der Waals surface area contributed by atoms with Crippen LogP contribution in [0.1, 0.15) is 40.8 Å². The maximum Gasteiger partial charge on any atom is 0.416 e. The lowest BCUT2D eigenvalue weighted by Crippen LogP contribution is -2.48. The van der Waals surface area contributed by atoms with Crippen molar-refractivity contribution in [3.8, 4) is 0 Å². The summed E-state index contributed by atoms with van der Waals surface area (Å²) in [4.78, 5) is 19.1. The first-order valence-corrected chi connectivity index (χ1v) is 12.6. The Bertz CT molecular complexity index is 1480. The largest absolute Gasteiger partial charge is 0.466 e. The number of esters is 1. The van der Waals surface area contributed by atoms with Crippen LogP contribution < -0.4 is 5.32 Å². The number of aliphatic imine (C=N–C) groups is 1. The number of carbonyl (C=O) groups is 1. The van der Waals surface area contributed by atoms with Crippen LogP contribution in [0.4, 0.5) is 26.3 Å². The molecule has 1 atom stereocenters. The SMILES string of the molecule is COC(=O)C1=C(C)N(Cc2ccc(C(F)(F)F)cc2)C(=NCc2cccc(C(F)(F)F)c2)NC1c1cccc(Cl)c1. The van der Waals surface area contributed by atoms with Gasteiger partial charge in [-0.2, -0.15) is 26.3 Å². The molecule has 0 saturated heterocycles.